The Morgan fingerprint density at radius 3 is 2.50 bits per heavy atom. The number of aromatic amines is 1. The first-order valence-electron chi connectivity index (χ1n) is 14.8. The molecule has 0 atom stereocenters. The number of nitrogens with one attached hydrogen (secondary N) is 1. The summed E-state index contributed by atoms with van der Waals surface area (Å²) in [5, 5.41) is 8.01. The summed E-state index contributed by atoms with van der Waals surface area (Å²) in [7, 11) is 1.93. The lowest BCUT2D eigenvalue weighted by atomic mass is 9.98. The topological polar surface area (TPSA) is 78.4 Å². The Bertz CT molecular complexity index is 1940. The van der Waals surface area contributed by atoms with Gasteiger partial charge in [-0.1, -0.05) is 70.5 Å². The third kappa shape index (κ3) is 5.95. The fraction of sp³-hybridized carbons (Fsp3) is 0.222. The van der Waals surface area contributed by atoms with Gasteiger partial charge in [0.05, 0.1) is 18.7 Å². The number of ether oxygens (including phenoxy) is 3. The number of halogens is 1. The minimum atomic E-state index is -0.360. The van der Waals surface area contributed by atoms with Crippen LogP contribution in [0.5, 0.6) is 11.5 Å². The van der Waals surface area contributed by atoms with Gasteiger partial charge in [-0.15, -0.1) is 0 Å². The molecule has 44 heavy (non-hydrogen) atoms. The first-order valence-corrected chi connectivity index (χ1v) is 15.6. The average Bonchev–Trinajstić information content (AvgIpc) is 3.55. The fourth-order valence-corrected chi connectivity index (χ4v) is 5.95. The number of aryl methyl sites for hydroxylation is 2. The van der Waals surface area contributed by atoms with Crippen LogP contribution in [0.4, 0.5) is 0 Å². The van der Waals surface area contributed by atoms with Crippen LogP contribution >= 0.6 is 15.9 Å². The third-order valence-electron chi connectivity index (χ3n) is 7.86. The van der Waals surface area contributed by atoms with E-state index >= 15 is 0 Å². The molecule has 0 aliphatic heterocycles. The zero-order valence-corrected chi connectivity index (χ0v) is 26.6. The smallest absolute Gasteiger partial charge is 0.355 e. The lowest BCUT2D eigenvalue weighted by Crippen LogP contribution is -2.09. The predicted molar refractivity (Wildman–Crippen MR) is 177 cm³/mol. The number of rotatable bonds is 11. The van der Waals surface area contributed by atoms with Gasteiger partial charge in [0.15, 0.2) is 0 Å². The van der Waals surface area contributed by atoms with Crippen molar-refractivity contribution in [3.63, 3.8) is 0 Å². The fourth-order valence-electron chi connectivity index (χ4n) is 5.68. The molecule has 1 N–H and O–H groups in total. The lowest BCUT2D eigenvalue weighted by molar-refractivity contribution is 0.0519. The number of aromatic nitrogens is 3. The maximum absolute atomic E-state index is 13.2. The molecule has 2 aromatic heterocycles. The van der Waals surface area contributed by atoms with Gasteiger partial charge in [-0.3, -0.25) is 4.68 Å². The molecule has 0 saturated heterocycles. The summed E-state index contributed by atoms with van der Waals surface area (Å²) in [5.74, 6) is 1.26. The molecule has 0 aliphatic rings. The summed E-state index contributed by atoms with van der Waals surface area (Å²) in [6.07, 6.45) is 1.37. The van der Waals surface area contributed by atoms with E-state index in [9.17, 15) is 4.79 Å². The Hall–Kier alpha value is -4.56. The van der Waals surface area contributed by atoms with Crippen LogP contribution in [0.3, 0.4) is 0 Å². The molecule has 6 rings (SSSR count). The van der Waals surface area contributed by atoms with Crippen molar-refractivity contribution < 1.29 is 19.0 Å². The number of H-pyrrole nitrogens is 1. The monoisotopic (exact) mass is 651 g/mol. The minimum absolute atomic E-state index is 0.296. The SMILES string of the molecule is CCOC(=O)c1[nH]c2c(-c3c(COc4ccc(Br)cc4)nn(C)c3C)cccc2c1CCCOc1cccc2ccccc12. The zero-order chi connectivity index (χ0) is 30.6. The van der Waals surface area contributed by atoms with E-state index in [0.29, 0.717) is 31.9 Å². The van der Waals surface area contributed by atoms with E-state index in [2.05, 4.69) is 51.2 Å². The summed E-state index contributed by atoms with van der Waals surface area (Å²) < 4.78 is 20.7. The second-order valence-electron chi connectivity index (χ2n) is 10.6. The van der Waals surface area contributed by atoms with E-state index in [4.69, 9.17) is 19.3 Å². The highest BCUT2D eigenvalue weighted by Crippen LogP contribution is 2.36. The molecule has 0 aliphatic carbocycles. The van der Waals surface area contributed by atoms with Crippen molar-refractivity contribution >= 4 is 43.6 Å². The van der Waals surface area contributed by atoms with Crippen LogP contribution in [0, 0.1) is 6.92 Å². The molecule has 0 bridgehead atoms. The van der Waals surface area contributed by atoms with E-state index < -0.39 is 0 Å². The molecule has 4 aromatic carbocycles. The van der Waals surface area contributed by atoms with Crippen LogP contribution in [0.1, 0.15) is 40.8 Å². The molecule has 0 fully saturated rings. The highest BCUT2D eigenvalue weighted by molar-refractivity contribution is 9.10. The van der Waals surface area contributed by atoms with Crippen LogP contribution < -0.4 is 9.47 Å². The summed E-state index contributed by atoms with van der Waals surface area (Å²) in [6.45, 7) is 4.98. The lowest BCUT2D eigenvalue weighted by Gasteiger charge is -2.10. The molecule has 7 nitrogen and oxygen atoms in total. The van der Waals surface area contributed by atoms with Gasteiger partial charge in [-0.05, 0) is 68.0 Å². The Kier molecular flexibility index (Phi) is 8.70. The molecule has 0 amide bonds. The van der Waals surface area contributed by atoms with E-state index in [1.165, 1.54) is 0 Å². The van der Waals surface area contributed by atoms with Crippen LogP contribution in [-0.2, 0) is 24.8 Å². The van der Waals surface area contributed by atoms with Crippen molar-refractivity contribution in [1.82, 2.24) is 14.8 Å². The average molecular weight is 653 g/mol. The van der Waals surface area contributed by atoms with Crippen molar-refractivity contribution in [1.29, 1.82) is 0 Å². The first-order chi connectivity index (χ1) is 21.4. The molecular weight excluding hydrogens is 618 g/mol. The molecule has 0 radical (unpaired) electrons. The van der Waals surface area contributed by atoms with Gasteiger partial charge < -0.3 is 19.2 Å². The van der Waals surface area contributed by atoms with Gasteiger partial charge in [-0.2, -0.15) is 5.10 Å². The number of para-hydroxylation sites is 1. The normalized spacial score (nSPS) is 11.3. The Labute approximate surface area is 264 Å². The molecule has 2 heterocycles. The van der Waals surface area contributed by atoms with Gasteiger partial charge in [-0.25, -0.2) is 4.79 Å². The third-order valence-corrected chi connectivity index (χ3v) is 8.39. The van der Waals surface area contributed by atoms with Gasteiger partial charge in [0.2, 0.25) is 0 Å². The molecule has 6 aromatic rings. The minimum Gasteiger partial charge on any atom is -0.493 e. The largest absolute Gasteiger partial charge is 0.493 e. The summed E-state index contributed by atoms with van der Waals surface area (Å²) in [4.78, 5) is 16.6. The molecule has 0 saturated carbocycles. The summed E-state index contributed by atoms with van der Waals surface area (Å²) in [5.41, 5.74) is 6.05. The number of esters is 1. The van der Waals surface area contributed by atoms with Crippen molar-refractivity contribution in [3.8, 4) is 22.6 Å². The molecule has 224 valence electrons. The molecular formula is C36H34BrN3O4. The summed E-state index contributed by atoms with van der Waals surface area (Å²) in [6, 6.07) is 28.2. The van der Waals surface area contributed by atoms with Gasteiger partial charge in [0, 0.05) is 39.1 Å². The van der Waals surface area contributed by atoms with Gasteiger partial charge >= 0.3 is 5.97 Å². The second-order valence-corrected chi connectivity index (χ2v) is 11.5. The Balaban J connectivity index is 1.31. The number of hydrogen-bond acceptors (Lipinski definition) is 5. The van der Waals surface area contributed by atoms with Crippen LogP contribution in [0.2, 0.25) is 0 Å². The van der Waals surface area contributed by atoms with Crippen molar-refractivity contribution in [3.05, 3.63) is 112 Å². The highest BCUT2D eigenvalue weighted by Gasteiger charge is 2.24. The van der Waals surface area contributed by atoms with Crippen LogP contribution in [0.15, 0.2) is 89.4 Å². The number of fused-ring (bicyclic) bond motifs is 2. The zero-order valence-electron chi connectivity index (χ0n) is 25.0. The maximum Gasteiger partial charge on any atom is 0.355 e. The highest BCUT2D eigenvalue weighted by atomic mass is 79.9. The number of benzene rings is 4. The maximum atomic E-state index is 13.2. The number of hydrogen-bond donors (Lipinski definition) is 1. The Morgan fingerprint density at radius 1 is 0.932 bits per heavy atom. The molecule has 0 unspecified atom stereocenters. The van der Waals surface area contributed by atoms with Crippen LogP contribution in [0.25, 0.3) is 32.8 Å². The van der Waals surface area contributed by atoms with Crippen molar-refractivity contribution in [2.45, 2.75) is 33.3 Å². The van der Waals surface area contributed by atoms with E-state index in [0.717, 1.165) is 72.1 Å². The predicted octanol–water partition coefficient (Wildman–Crippen LogP) is 8.56. The Morgan fingerprint density at radius 2 is 1.68 bits per heavy atom. The molecule has 0 spiro atoms. The second kappa shape index (κ2) is 13.0. The number of nitrogens with zero attached hydrogens (tertiary/aromatic N) is 2. The van der Waals surface area contributed by atoms with Crippen molar-refractivity contribution in [2.24, 2.45) is 7.05 Å². The van der Waals surface area contributed by atoms with E-state index in [1.54, 1.807) is 0 Å². The van der Waals surface area contributed by atoms with E-state index in [-0.39, 0.29) is 5.97 Å². The van der Waals surface area contributed by atoms with Crippen molar-refractivity contribution in [2.75, 3.05) is 13.2 Å². The molecule has 8 heteroatoms. The standard InChI is InChI=1S/C36H34BrN3O4/c1-4-42-36(41)35-29(15-9-21-43-32-16-7-11-24-10-5-6-12-27(24)32)28-13-8-14-30(34(28)38-35)33-23(2)40(3)39-31(33)22-44-26-19-17-25(37)18-20-26/h5-8,10-14,16-20,38H,4,9,15,21-22H2,1-3H3. The summed E-state index contributed by atoms with van der Waals surface area (Å²) >= 11 is 3.47. The van der Waals surface area contributed by atoms with Gasteiger partial charge in [0.1, 0.15) is 29.5 Å². The number of carbonyl (C=O) groups is 1. The van der Waals surface area contributed by atoms with Gasteiger partial charge in [0.25, 0.3) is 0 Å². The first kappa shape index (κ1) is 29.5. The van der Waals surface area contributed by atoms with Crippen LogP contribution in [-0.4, -0.2) is 33.9 Å². The number of carbonyl (C=O) groups excluding carboxylic acids is 1. The van der Waals surface area contributed by atoms with E-state index in [1.807, 2.05) is 80.2 Å². The quantitative estimate of drug-likeness (QED) is 0.112.